The van der Waals surface area contributed by atoms with E-state index in [1.807, 2.05) is 35.2 Å². The molecule has 1 atom stereocenters. The number of hydrogen-bond acceptors (Lipinski definition) is 4. The number of methoxy groups -OCH3 is 1. The standard InChI is InChI=1S/C21H26N2O3/c1-25-14-7-16-8-15-26-21(16)9-12-23(13-10-21)20(24)18-6-11-22-19-5-3-2-4-17(18)19/h2-6,11,16H,7-10,12-15H2,1H3/t16-/m1/s1. The molecule has 0 aliphatic carbocycles. The molecule has 4 rings (SSSR count). The third-order valence-electron chi connectivity index (χ3n) is 6.05. The molecule has 3 heterocycles. The number of ether oxygens (including phenoxy) is 2. The predicted octanol–water partition coefficient (Wildman–Crippen LogP) is 3.28. The van der Waals surface area contributed by atoms with Crippen molar-refractivity contribution in [3.05, 3.63) is 42.1 Å². The summed E-state index contributed by atoms with van der Waals surface area (Å²) in [6, 6.07) is 9.67. The Morgan fingerprint density at radius 1 is 1.31 bits per heavy atom. The second-order valence-electron chi connectivity index (χ2n) is 7.35. The maximum atomic E-state index is 13.1. The highest BCUT2D eigenvalue weighted by Gasteiger charge is 2.46. The first-order valence-electron chi connectivity index (χ1n) is 9.49. The van der Waals surface area contributed by atoms with Crippen molar-refractivity contribution in [2.45, 2.75) is 31.3 Å². The molecule has 2 saturated heterocycles. The number of carbonyl (C=O) groups excluding carboxylic acids is 1. The summed E-state index contributed by atoms with van der Waals surface area (Å²) in [5.74, 6) is 0.645. The normalized spacial score (nSPS) is 22.2. The van der Waals surface area contributed by atoms with Crippen LogP contribution in [0.5, 0.6) is 0 Å². The van der Waals surface area contributed by atoms with Gasteiger partial charge in [-0.25, -0.2) is 0 Å². The number of benzene rings is 1. The highest BCUT2D eigenvalue weighted by Crippen LogP contribution is 2.42. The topological polar surface area (TPSA) is 51.7 Å². The molecular formula is C21H26N2O3. The molecule has 5 nitrogen and oxygen atoms in total. The Balaban J connectivity index is 1.48. The Kier molecular flexibility index (Phi) is 4.92. The third-order valence-corrected chi connectivity index (χ3v) is 6.05. The van der Waals surface area contributed by atoms with Crippen LogP contribution in [0.25, 0.3) is 10.9 Å². The molecule has 0 N–H and O–H groups in total. The fraction of sp³-hybridized carbons (Fsp3) is 0.524. The first kappa shape index (κ1) is 17.4. The van der Waals surface area contributed by atoms with Crippen LogP contribution in [0.4, 0.5) is 0 Å². The third kappa shape index (κ3) is 3.10. The van der Waals surface area contributed by atoms with E-state index in [-0.39, 0.29) is 11.5 Å². The summed E-state index contributed by atoms with van der Waals surface area (Å²) < 4.78 is 11.5. The van der Waals surface area contributed by atoms with Gasteiger partial charge in [-0.05, 0) is 43.7 Å². The van der Waals surface area contributed by atoms with Crippen molar-refractivity contribution in [3.8, 4) is 0 Å². The molecule has 1 aromatic carbocycles. The van der Waals surface area contributed by atoms with Gasteiger partial charge in [-0.1, -0.05) is 18.2 Å². The number of aromatic nitrogens is 1. The smallest absolute Gasteiger partial charge is 0.254 e. The number of rotatable bonds is 4. The number of fused-ring (bicyclic) bond motifs is 1. The van der Waals surface area contributed by atoms with Crippen LogP contribution < -0.4 is 0 Å². The predicted molar refractivity (Wildman–Crippen MR) is 100 cm³/mol. The number of para-hydroxylation sites is 1. The molecule has 0 bridgehead atoms. The minimum Gasteiger partial charge on any atom is -0.385 e. The number of likely N-dealkylation sites (tertiary alicyclic amines) is 1. The SMILES string of the molecule is COCC[C@@H]1CCOC12CCN(C(=O)c1ccnc3ccccc13)CC2. The number of pyridine rings is 1. The van der Waals surface area contributed by atoms with Crippen LogP contribution in [0.1, 0.15) is 36.0 Å². The molecular weight excluding hydrogens is 328 g/mol. The fourth-order valence-corrected chi connectivity index (χ4v) is 4.55. The molecule has 5 heteroatoms. The number of carbonyl (C=O) groups is 1. The van der Waals surface area contributed by atoms with E-state index in [1.165, 1.54) is 0 Å². The number of hydrogen-bond donors (Lipinski definition) is 0. The average molecular weight is 354 g/mol. The molecule has 1 aromatic heterocycles. The lowest BCUT2D eigenvalue weighted by Crippen LogP contribution is -2.49. The van der Waals surface area contributed by atoms with E-state index in [1.54, 1.807) is 13.3 Å². The lowest BCUT2D eigenvalue weighted by atomic mass is 9.78. The molecule has 1 spiro atoms. The average Bonchev–Trinajstić information content (AvgIpc) is 3.08. The van der Waals surface area contributed by atoms with Crippen molar-refractivity contribution in [1.29, 1.82) is 0 Å². The van der Waals surface area contributed by atoms with Gasteiger partial charge >= 0.3 is 0 Å². The summed E-state index contributed by atoms with van der Waals surface area (Å²) in [4.78, 5) is 19.4. The number of nitrogens with zero attached hydrogens (tertiary/aromatic N) is 2. The minimum absolute atomic E-state index is 0.0599. The van der Waals surface area contributed by atoms with Crippen LogP contribution in [-0.2, 0) is 9.47 Å². The largest absolute Gasteiger partial charge is 0.385 e. The van der Waals surface area contributed by atoms with Crippen molar-refractivity contribution in [2.75, 3.05) is 33.4 Å². The maximum absolute atomic E-state index is 13.1. The lowest BCUT2D eigenvalue weighted by Gasteiger charge is -2.42. The van der Waals surface area contributed by atoms with Crippen LogP contribution in [0.15, 0.2) is 36.5 Å². The van der Waals surface area contributed by atoms with E-state index >= 15 is 0 Å². The number of piperidine rings is 1. The Hall–Kier alpha value is -1.98. The van der Waals surface area contributed by atoms with E-state index in [0.717, 1.165) is 68.5 Å². The van der Waals surface area contributed by atoms with E-state index in [9.17, 15) is 4.79 Å². The molecule has 26 heavy (non-hydrogen) atoms. The molecule has 0 radical (unpaired) electrons. The maximum Gasteiger partial charge on any atom is 0.254 e. The van der Waals surface area contributed by atoms with Crippen molar-refractivity contribution in [1.82, 2.24) is 9.88 Å². The van der Waals surface area contributed by atoms with Crippen LogP contribution in [-0.4, -0.2) is 54.8 Å². The second kappa shape index (κ2) is 7.33. The Bertz CT molecular complexity index is 778. The second-order valence-corrected chi connectivity index (χ2v) is 7.35. The molecule has 0 unspecified atom stereocenters. The van der Waals surface area contributed by atoms with Gasteiger partial charge in [-0.3, -0.25) is 9.78 Å². The molecule has 2 fully saturated rings. The van der Waals surface area contributed by atoms with E-state index in [0.29, 0.717) is 5.92 Å². The van der Waals surface area contributed by atoms with Crippen molar-refractivity contribution in [2.24, 2.45) is 5.92 Å². The summed E-state index contributed by atoms with van der Waals surface area (Å²) in [7, 11) is 1.75. The van der Waals surface area contributed by atoms with Crippen molar-refractivity contribution in [3.63, 3.8) is 0 Å². The Morgan fingerprint density at radius 3 is 2.92 bits per heavy atom. The van der Waals surface area contributed by atoms with Gasteiger partial charge in [0.1, 0.15) is 0 Å². The molecule has 0 saturated carbocycles. The Labute approximate surface area is 154 Å². The monoisotopic (exact) mass is 354 g/mol. The lowest BCUT2D eigenvalue weighted by molar-refractivity contribution is -0.0661. The number of amides is 1. The highest BCUT2D eigenvalue weighted by molar-refractivity contribution is 6.06. The molecule has 138 valence electrons. The molecule has 2 aliphatic heterocycles. The van der Waals surface area contributed by atoms with Gasteiger partial charge in [0.25, 0.3) is 5.91 Å². The quantitative estimate of drug-likeness (QED) is 0.845. The minimum atomic E-state index is -0.0599. The van der Waals surface area contributed by atoms with Crippen molar-refractivity contribution < 1.29 is 14.3 Å². The van der Waals surface area contributed by atoms with Gasteiger partial charge in [-0.15, -0.1) is 0 Å². The Morgan fingerprint density at radius 2 is 2.12 bits per heavy atom. The van der Waals surface area contributed by atoms with Crippen LogP contribution in [0.3, 0.4) is 0 Å². The van der Waals surface area contributed by atoms with Crippen LogP contribution >= 0.6 is 0 Å². The van der Waals surface area contributed by atoms with Gasteiger partial charge < -0.3 is 14.4 Å². The van der Waals surface area contributed by atoms with E-state index in [2.05, 4.69) is 4.98 Å². The molecule has 2 aromatic rings. The molecule has 2 aliphatic rings. The zero-order valence-corrected chi connectivity index (χ0v) is 15.3. The van der Waals surface area contributed by atoms with Gasteiger partial charge in [0, 0.05) is 45.0 Å². The van der Waals surface area contributed by atoms with E-state index < -0.39 is 0 Å². The zero-order valence-electron chi connectivity index (χ0n) is 15.3. The molecule has 1 amide bonds. The van der Waals surface area contributed by atoms with Gasteiger partial charge in [0.05, 0.1) is 16.7 Å². The summed E-state index contributed by atoms with van der Waals surface area (Å²) in [5.41, 5.74) is 1.55. The summed E-state index contributed by atoms with van der Waals surface area (Å²) in [5, 5.41) is 0.926. The first-order valence-corrected chi connectivity index (χ1v) is 9.49. The first-order chi connectivity index (χ1) is 12.7. The fourth-order valence-electron chi connectivity index (χ4n) is 4.55. The highest BCUT2D eigenvalue weighted by atomic mass is 16.5. The van der Waals surface area contributed by atoms with Gasteiger partial charge in [-0.2, -0.15) is 0 Å². The van der Waals surface area contributed by atoms with Crippen LogP contribution in [0.2, 0.25) is 0 Å². The van der Waals surface area contributed by atoms with Crippen LogP contribution in [0, 0.1) is 5.92 Å². The van der Waals surface area contributed by atoms with Gasteiger partial charge in [0.2, 0.25) is 0 Å². The summed E-state index contributed by atoms with van der Waals surface area (Å²) in [6.45, 7) is 3.11. The zero-order chi connectivity index (χ0) is 18.0. The summed E-state index contributed by atoms with van der Waals surface area (Å²) >= 11 is 0. The van der Waals surface area contributed by atoms with Gasteiger partial charge in [0.15, 0.2) is 0 Å². The summed E-state index contributed by atoms with van der Waals surface area (Å²) in [6.07, 6.45) is 5.69. The van der Waals surface area contributed by atoms with E-state index in [4.69, 9.17) is 9.47 Å². The van der Waals surface area contributed by atoms with Crippen molar-refractivity contribution >= 4 is 16.8 Å².